The Morgan fingerprint density at radius 1 is 1.26 bits per heavy atom. The van der Waals surface area contributed by atoms with E-state index in [-0.39, 0.29) is 0 Å². The minimum atomic E-state index is 0.584. The summed E-state index contributed by atoms with van der Waals surface area (Å²) in [7, 11) is 4.30. The highest BCUT2D eigenvalue weighted by atomic mass is 32.2. The van der Waals surface area contributed by atoms with Crippen LogP contribution in [-0.4, -0.2) is 37.8 Å². The molecule has 19 heavy (non-hydrogen) atoms. The van der Waals surface area contributed by atoms with Crippen LogP contribution in [0.5, 0.6) is 0 Å². The second-order valence-electron chi connectivity index (χ2n) is 5.68. The van der Waals surface area contributed by atoms with Crippen LogP contribution in [0, 0.1) is 5.92 Å². The summed E-state index contributed by atoms with van der Waals surface area (Å²) in [5, 5.41) is 3.50. The molecule has 1 aromatic heterocycles. The predicted molar refractivity (Wildman–Crippen MR) is 84.6 cm³/mol. The molecule has 1 unspecified atom stereocenters. The Kier molecular flexibility index (Phi) is 7.57. The van der Waals surface area contributed by atoms with Crippen LogP contribution in [0.25, 0.3) is 0 Å². The zero-order valence-corrected chi connectivity index (χ0v) is 13.7. The number of thioether (sulfide) groups is 1. The van der Waals surface area contributed by atoms with Crippen molar-refractivity contribution < 1.29 is 4.42 Å². The lowest BCUT2D eigenvalue weighted by Gasteiger charge is -2.26. The lowest BCUT2D eigenvalue weighted by molar-refractivity contribution is 0.245. The average Bonchev–Trinajstić information content (AvgIpc) is 2.75. The van der Waals surface area contributed by atoms with Crippen molar-refractivity contribution in [3.63, 3.8) is 0 Å². The highest BCUT2D eigenvalue weighted by molar-refractivity contribution is 7.97. The topological polar surface area (TPSA) is 28.4 Å². The summed E-state index contributed by atoms with van der Waals surface area (Å²) in [6.45, 7) is 6.37. The second kappa shape index (κ2) is 8.67. The van der Waals surface area contributed by atoms with E-state index in [1.54, 1.807) is 11.8 Å². The third-order valence-electron chi connectivity index (χ3n) is 3.16. The van der Waals surface area contributed by atoms with Crippen LogP contribution in [0.15, 0.2) is 16.5 Å². The van der Waals surface area contributed by atoms with Gasteiger partial charge in [-0.1, -0.05) is 13.8 Å². The van der Waals surface area contributed by atoms with Gasteiger partial charge in [-0.05, 0) is 44.8 Å². The standard InChI is InChI=1S/C15H28N2OS/c1-12(2)8-13(17(3)4)9-16-10-14-6-7-15(18-14)11-19-5/h6-7,12-13,16H,8-11H2,1-5H3. The summed E-state index contributed by atoms with van der Waals surface area (Å²) in [6.07, 6.45) is 3.31. The summed E-state index contributed by atoms with van der Waals surface area (Å²) in [5.74, 6) is 3.78. The lowest BCUT2D eigenvalue weighted by atomic mass is 10.0. The van der Waals surface area contributed by atoms with E-state index >= 15 is 0 Å². The number of furan rings is 1. The van der Waals surface area contributed by atoms with Crippen LogP contribution in [0.2, 0.25) is 0 Å². The molecule has 0 spiro atoms. The summed E-state index contributed by atoms with van der Waals surface area (Å²) in [5.41, 5.74) is 0. The molecule has 0 saturated carbocycles. The first kappa shape index (κ1) is 16.6. The first-order chi connectivity index (χ1) is 9.02. The van der Waals surface area contributed by atoms with Gasteiger partial charge in [0.1, 0.15) is 11.5 Å². The van der Waals surface area contributed by atoms with E-state index in [9.17, 15) is 0 Å². The maximum absolute atomic E-state index is 5.75. The van der Waals surface area contributed by atoms with Crippen LogP contribution >= 0.6 is 11.8 Å². The molecule has 1 aromatic rings. The second-order valence-corrected chi connectivity index (χ2v) is 6.54. The molecule has 0 amide bonds. The molecule has 0 radical (unpaired) electrons. The molecule has 4 heteroatoms. The van der Waals surface area contributed by atoms with Crippen molar-refractivity contribution in [1.82, 2.24) is 10.2 Å². The smallest absolute Gasteiger partial charge is 0.118 e. The molecule has 1 atom stereocenters. The molecule has 110 valence electrons. The van der Waals surface area contributed by atoms with Gasteiger partial charge in [-0.25, -0.2) is 0 Å². The number of rotatable bonds is 9. The molecule has 0 aromatic carbocycles. The van der Waals surface area contributed by atoms with Crippen LogP contribution in [0.3, 0.4) is 0 Å². The van der Waals surface area contributed by atoms with E-state index in [0.29, 0.717) is 6.04 Å². The van der Waals surface area contributed by atoms with Crippen molar-refractivity contribution in [3.8, 4) is 0 Å². The van der Waals surface area contributed by atoms with Gasteiger partial charge in [-0.3, -0.25) is 0 Å². The Morgan fingerprint density at radius 2 is 1.95 bits per heavy atom. The van der Waals surface area contributed by atoms with Gasteiger partial charge in [-0.15, -0.1) is 0 Å². The Balaban J connectivity index is 2.34. The van der Waals surface area contributed by atoms with E-state index in [2.05, 4.69) is 56.5 Å². The van der Waals surface area contributed by atoms with Crippen molar-refractivity contribution in [2.45, 2.75) is 38.6 Å². The van der Waals surface area contributed by atoms with Crippen LogP contribution in [-0.2, 0) is 12.3 Å². The largest absolute Gasteiger partial charge is 0.464 e. The van der Waals surface area contributed by atoms with Gasteiger partial charge in [-0.2, -0.15) is 11.8 Å². The van der Waals surface area contributed by atoms with Gasteiger partial charge in [0.05, 0.1) is 12.3 Å². The molecular weight excluding hydrogens is 256 g/mol. The Morgan fingerprint density at radius 3 is 2.53 bits per heavy atom. The Labute approximate surface area is 122 Å². The highest BCUT2D eigenvalue weighted by Gasteiger charge is 2.13. The maximum atomic E-state index is 5.75. The minimum absolute atomic E-state index is 0.584. The van der Waals surface area contributed by atoms with E-state index in [1.165, 1.54) is 6.42 Å². The number of nitrogens with one attached hydrogen (secondary N) is 1. The Bertz CT molecular complexity index is 350. The number of hydrogen-bond acceptors (Lipinski definition) is 4. The monoisotopic (exact) mass is 284 g/mol. The maximum Gasteiger partial charge on any atom is 0.118 e. The molecular formula is C15H28N2OS. The van der Waals surface area contributed by atoms with Crippen LogP contribution in [0.4, 0.5) is 0 Å². The van der Waals surface area contributed by atoms with E-state index in [0.717, 1.165) is 36.3 Å². The zero-order valence-electron chi connectivity index (χ0n) is 12.9. The minimum Gasteiger partial charge on any atom is -0.464 e. The zero-order chi connectivity index (χ0) is 14.3. The molecule has 0 aliphatic heterocycles. The lowest BCUT2D eigenvalue weighted by Crippen LogP contribution is -2.38. The van der Waals surface area contributed by atoms with E-state index in [1.807, 2.05) is 0 Å². The van der Waals surface area contributed by atoms with Crippen LogP contribution in [0.1, 0.15) is 31.8 Å². The van der Waals surface area contributed by atoms with Crippen molar-refractivity contribution in [1.29, 1.82) is 0 Å². The van der Waals surface area contributed by atoms with E-state index < -0.39 is 0 Å². The van der Waals surface area contributed by atoms with Gasteiger partial charge in [0.2, 0.25) is 0 Å². The fraction of sp³-hybridized carbons (Fsp3) is 0.733. The van der Waals surface area contributed by atoms with Crippen molar-refractivity contribution in [3.05, 3.63) is 23.7 Å². The van der Waals surface area contributed by atoms with Gasteiger partial charge >= 0.3 is 0 Å². The van der Waals surface area contributed by atoms with Gasteiger partial charge in [0, 0.05) is 12.6 Å². The van der Waals surface area contributed by atoms with Gasteiger partial charge in [0.15, 0.2) is 0 Å². The molecule has 0 fully saturated rings. The molecule has 0 aliphatic rings. The van der Waals surface area contributed by atoms with E-state index in [4.69, 9.17) is 4.42 Å². The third-order valence-corrected chi connectivity index (χ3v) is 3.73. The molecule has 1 N–H and O–H groups in total. The first-order valence-electron chi connectivity index (χ1n) is 6.96. The molecule has 1 heterocycles. The molecule has 0 bridgehead atoms. The van der Waals surface area contributed by atoms with Gasteiger partial charge in [0.25, 0.3) is 0 Å². The molecule has 3 nitrogen and oxygen atoms in total. The third kappa shape index (κ3) is 6.50. The van der Waals surface area contributed by atoms with Crippen molar-refractivity contribution in [2.75, 3.05) is 26.9 Å². The fourth-order valence-electron chi connectivity index (χ4n) is 2.12. The average molecular weight is 284 g/mol. The number of likely N-dealkylation sites (N-methyl/N-ethyl adjacent to an activating group) is 1. The first-order valence-corrected chi connectivity index (χ1v) is 8.36. The summed E-state index contributed by atoms with van der Waals surface area (Å²) in [4.78, 5) is 2.30. The normalized spacial score (nSPS) is 13.4. The van der Waals surface area contributed by atoms with Crippen molar-refractivity contribution >= 4 is 11.8 Å². The highest BCUT2D eigenvalue weighted by Crippen LogP contribution is 2.13. The molecule has 1 rings (SSSR count). The van der Waals surface area contributed by atoms with Gasteiger partial charge < -0.3 is 14.6 Å². The quantitative estimate of drug-likeness (QED) is 0.754. The fourth-order valence-corrected chi connectivity index (χ4v) is 2.56. The van der Waals surface area contributed by atoms with Crippen LogP contribution < -0.4 is 5.32 Å². The summed E-state index contributed by atoms with van der Waals surface area (Å²) in [6, 6.07) is 4.73. The Hall–Kier alpha value is -0.450. The van der Waals surface area contributed by atoms with Crippen molar-refractivity contribution in [2.24, 2.45) is 5.92 Å². The molecule has 0 aliphatic carbocycles. The number of nitrogens with zero attached hydrogens (tertiary/aromatic N) is 1. The summed E-state index contributed by atoms with van der Waals surface area (Å²) >= 11 is 1.79. The number of hydrogen-bond donors (Lipinski definition) is 1. The SMILES string of the molecule is CSCc1ccc(CNCC(CC(C)C)N(C)C)o1. The summed E-state index contributed by atoms with van der Waals surface area (Å²) < 4.78 is 5.75. The predicted octanol–water partition coefficient (Wildman–Crippen LogP) is 3.21. The molecule has 0 saturated heterocycles.